The largest absolute Gasteiger partial charge is 0.330 e. The molecule has 2 aliphatic rings. The SMILES string of the molecule is NCC1CCN(CC(=O)N2CCc3ccccc32)C1. The van der Waals surface area contributed by atoms with Crippen molar-refractivity contribution in [1.82, 2.24) is 4.90 Å². The first-order valence-electron chi connectivity index (χ1n) is 7.08. The molecular formula is C15H21N3O. The monoisotopic (exact) mass is 259 g/mol. The fourth-order valence-electron chi connectivity index (χ4n) is 3.12. The van der Waals surface area contributed by atoms with E-state index in [1.807, 2.05) is 23.1 Å². The molecule has 1 aromatic rings. The van der Waals surface area contributed by atoms with Crippen LogP contribution in [0.1, 0.15) is 12.0 Å². The first kappa shape index (κ1) is 12.6. The Bertz CT molecular complexity index is 474. The summed E-state index contributed by atoms with van der Waals surface area (Å²) in [5, 5.41) is 0. The molecular weight excluding hydrogens is 238 g/mol. The van der Waals surface area contributed by atoms with Gasteiger partial charge in [-0.15, -0.1) is 0 Å². The Morgan fingerprint density at radius 2 is 2.16 bits per heavy atom. The first-order chi connectivity index (χ1) is 9.28. The maximum Gasteiger partial charge on any atom is 0.241 e. The van der Waals surface area contributed by atoms with Crippen molar-refractivity contribution in [3.63, 3.8) is 0 Å². The van der Waals surface area contributed by atoms with Gasteiger partial charge in [-0.05, 0) is 43.5 Å². The lowest BCUT2D eigenvalue weighted by atomic mass is 10.1. The summed E-state index contributed by atoms with van der Waals surface area (Å²) in [4.78, 5) is 16.6. The summed E-state index contributed by atoms with van der Waals surface area (Å²) >= 11 is 0. The zero-order chi connectivity index (χ0) is 13.2. The van der Waals surface area contributed by atoms with Gasteiger partial charge in [0.05, 0.1) is 6.54 Å². The molecule has 0 radical (unpaired) electrons. The van der Waals surface area contributed by atoms with Gasteiger partial charge in [0.2, 0.25) is 5.91 Å². The number of nitrogens with two attached hydrogens (primary N) is 1. The molecule has 0 aliphatic carbocycles. The molecule has 1 saturated heterocycles. The van der Waals surface area contributed by atoms with E-state index in [9.17, 15) is 4.79 Å². The van der Waals surface area contributed by atoms with E-state index in [0.29, 0.717) is 12.5 Å². The number of amides is 1. The highest BCUT2D eigenvalue weighted by molar-refractivity contribution is 5.96. The van der Waals surface area contributed by atoms with Crippen molar-refractivity contribution in [2.75, 3.05) is 37.6 Å². The lowest BCUT2D eigenvalue weighted by molar-refractivity contribution is -0.119. The van der Waals surface area contributed by atoms with Crippen molar-refractivity contribution >= 4 is 11.6 Å². The molecule has 0 bridgehead atoms. The maximum absolute atomic E-state index is 12.4. The summed E-state index contributed by atoms with van der Waals surface area (Å²) in [5.41, 5.74) is 8.08. The summed E-state index contributed by atoms with van der Waals surface area (Å²) < 4.78 is 0. The number of hydrogen-bond donors (Lipinski definition) is 1. The summed E-state index contributed by atoms with van der Waals surface area (Å²) in [6, 6.07) is 8.21. The smallest absolute Gasteiger partial charge is 0.241 e. The van der Waals surface area contributed by atoms with Crippen LogP contribution < -0.4 is 10.6 Å². The van der Waals surface area contributed by atoms with Gasteiger partial charge in [-0.1, -0.05) is 18.2 Å². The molecule has 0 saturated carbocycles. The summed E-state index contributed by atoms with van der Waals surface area (Å²) in [7, 11) is 0. The molecule has 0 aromatic heterocycles. The number of nitrogens with zero attached hydrogens (tertiary/aromatic N) is 2. The van der Waals surface area contributed by atoms with Crippen molar-refractivity contribution in [3.05, 3.63) is 29.8 Å². The number of fused-ring (bicyclic) bond motifs is 1. The van der Waals surface area contributed by atoms with Crippen LogP contribution in [0.15, 0.2) is 24.3 Å². The molecule has 3 rings (SSSR count). The standard InChI is InChI=1S/C15H21N3O/c16-9-12-5-7-17(10-12)11-15(19)18-8-6-13-3-1-2-4-14(13)18/h1-4,12H,5-11,16H2. The molecule has 1 fully saturated rings. The van der Waals surface area contributed by atoms with Crippen molar-refractivity contribution < 1.29 is 4.79 Å². The van der Waals surface area contributed by atoms with Gasteiger partial charge in [-0.3, -0.25) is 9.69 Å². The molecule has 1 amide bonds. The van der Waals surface area contributed by atoms with Crippen LogP contribution in [0, 0.1) is 5.92 Å². The number of para-hydroxylation sites is 1. The number of anilines is 1. The van der Waals surface area contributed by atoms with Crippen LogP contribution in [0.25, 0.3) is 0 Å². The second kappa shape index (κ2) is 5.31. The van der Waals surface area contributed by atoms with E-state index >= 15 is 0 Å². The van der Waals surface area contributed by atoms with E-state index in [0.717, 1.165) is 44.7 Å². The third kappa shape index (κ3) is 2.51. The Morgan fingerprint density at radius 3 is 2.95 bits per heavy atom. The highest BCUT2D eigenvalue weighted by atomic mass is 16.2. The lowest BCUT2D eigenvalue weighted by Crippen LogP contribution is -2.39. The molecule has 4 nitrogen and oxygen atoms in total. The topological polar surface area (TPSA) is 49.6 Å². The van der Waals surface area contributed by atoms with Gasteiger partial charge in [0, 0.05) is 18.8 Å². The van der Waals surface area contributed by atoms with Gasteiger partial charge in [0.1, 0.15) is 0 Å². The molecule has 1 unspecified atom stereocenters. The van der Waals surface area contributed by atoms with Crippen molar-refractivity contribution in [1.29, 1.82) is 0 Å². The highest BCUT2D eigenvalue weighted by Crippen LogP contribution is 2.27. The Morgan fingerprint density at radius 1 is 1.32 bits per heavy atom. The lowest BCUT2D eigenvalue weighted by Gasteiger charge is -2.21. The van der Waals surface area contributed by atoms with E-state index in [1.54, 1.807) is 0 Å². The number of carbonyl (C=O) groups excluding carboxylic acids is 1. The molecule has 2 heterocycles. The van der Waals surface area contributed by atoms with Crippen LogP contribution in [0.2, 0.25) is 0 Å². The van der Waals surface area contributed by atoms with Crippen LogP contribution >= 0.6 is 0 Å². The van der Waals surface area contributed by atoms with Gasteiger partial charge in [-0.2, -0.15) is 0 Å². The molecule has 19 heavy (non-hydrogen) atoms. The zero-order valence-electron chi connectivity index (χ0n) is 11.2. The molecule has 4 heteroatoms. The minimum absolute atomic E-state index is 0.225. The van der Waals surface area contributed by atoms with Crippen LogP contribution in [0.4, 0.5) is 5.69 Å². The number of carbonyl (C=O) groups is 1. The average Bonchev–Trinajstić information content (AvgIpc) is 3.04. The second-order valence-electron chi connectivity index (χ2n) is 5.55. The molecule has 0 spiro atoms. The van der Waals surface area contributed by atoms with Crippen LogP contribution in [-0.4, -0.2) is 43.5 Å². The van der Waals surface area contributed by atoms with Crippen LogP contribution in [-0.2, 0) is 11.2 Å². The predicted molar refractivity (Wildman–Crippen MR) is 76.1 cm³/mol. The fourth-order valence-corrected chi connectivity index (χ4v) is 3.12. The number of rotatable bonds is 3. The molecule has 2 N–H and O–H groups in total. The van der Waals surface area contributed by atoms with E-state index < -0.39 is 0 Å². The van der Waals surface area contributed by atoms with Gasteiger partial charge < -0.3 is 10.6 Å². The van der Waals surface area contributed by atoms with E-state index in [4.69, 9.17) is 5.73 Å². The quantitative estimate of drug-likeness (QED) is 0.876. The van der Waals surface area contributed by atoms with Crippen LogP contribution in [0.5, 0.6) is 0 Å². The maximum atomic E-state index is 12.4. The Kier molecular flexibility index (Phi) is 3.53. The van der Waals surface area contributed by atoms with Gasteiger partial charge >= 0.3 is 0 Å². The molecule has 1 atom stereocenters. The highest BCUT2D eigenvalue weighted by Gasteiger charge is 2.28. The minimum atomic E-state index is 0.225. The van der Waals surface area contributed by atoms with Crippen LogP contribution in [0.3, 0.4) is 0 Å². The first-order valence-corrected chi connectivity index (χ1v) is 7.08. The van der Waals surface area contributed by atoms with Gasteiger partial charge in [-0.25, -0.2) is 0 Å². The molecule has 1 aromatic carbocycles. The third-order valence-electron chi connectivity index (χ3n) is 4.25. The molecule has 2 aliphatic heterocycles. The van der Waals surface area contributed by atoms with E-state index in [-0.39, 0.29) is 5.91 Å². The van der Waals surface area contributed by atoms with E-state index in [2.05, 4.69) is 11.0 Å². The van der Waals surface area contributed by atoms with Crippen molar-refractivity contribution in [2.45, 2.75) is 12.8 Å². The predicted octanol–water partition coefficient (Wildman–Crippen LogP) is 0.856. The number of likely N-dealkylation sites (tertiary alicyclic amines) is 1. The summed E-state index contributed by atoms with van der Waals surface area (Å²) in [6.45, 7) is 4.06. The van der Waals surface area contributed by atoms with Crippen molar-refractivity contribution in [2.24, 2.45) is 11.7 Å². The summed E-state index contributed by atoms with van der Waals surface area (Å²) in [6.07, 6.45) is 2.10. The Balaban J connectivity index is 1.63. The van der Waals surface area contributed by atoms with E-state index in [1.165, 1.54) is 5.56 Å². The zero-order valence-corrected chi connectivity index (χ0v) is 11.2. The summed E-state index contributed by atoms with van der Waals surface area (Å²) in [5.74, 6) is 0.793. The third-order valence-corrected chi connectivity index (χ3v) is 4.25. The minimum Gasteiger partial charge on any atom is -0.330 e. The molecule has 102 valence electrons. The number of hydrogen-bond acceptors (Lipinski definition) is 3. The Labute approximate surface area is 114 Å². The fraction of sp³-hybridized carbons (Fsp3) is 0.533. The normalized spacial score (nSPS) is 22.8. The number of benzene rings is 1. The van der Waals surface area contributed by atoms with Gasteiger partial charge in [0.15, 0.2) is 0 Å². The van der Waals surface area contributed by atoms with Crippen molar-refractivity contribution in [3.8, 4) is 0 Å². The average molecular weight is 259 g/mol. The second-order valence-corrected chi connectivity index (χ2v) is 5.55. The Hall–Kier alpha value is -1.39. The van der Waals surface area contributed by atoms with Gasteiger partial charge in [0.25, 0.3) is 0 Å².